The molecule has 1 aliphatic rings. The van der Waals surface area contributed by atoms with E-state index in [0.717, 1.165) is 0 Å². The van der Waals surface area contributed by atoms with E-state index in [1.54, 1.807) is 11.8 Å². The lowest BCUT2D eigenvalue weighted by atomic mass is 9.91. The number of aliphatic hydroxyl groups is 1. The summed E-state index contributed by atoms with van der Waals surface area (Å²) in [4.78, 5) is 13.3. The van der Waals surface area contributed by atoms with Crippen LogP contribution in [-0.4, -0.2) is 54.4 Å². The lowest BCUT2D eigenvalue weighted by Crippen LogP contribution is -2.52. The average Bonchev–Trinajstić information content (AvgIpc) is 2.35. The number of carbonyl (C=O) groups is 1. The maximum atomic E-state index is 12.2. The van der Waals surface area contributed by atoms with Crippen molar-refractivity contribution in [2.45, 2.75) is 38.4 Å². The Kier molecular flexibility index (Phi) is 6.06. The summed E-state index contributed by atoms with van der Waals surface area (Å²) >= 11 is 0. The van der Waals surface area contributed by atoms with E-state index in [0.29, 0.717) is 32.4 Å². The van der Waals surface area contributed by atoms with Crippen LogP contribution in [0.2, 0.25) is 0 Å². The number of alkyl halides is 3. The van der Waals surface area contributed by atoms with Crippen molar-refractivity contribution in [1.82, 2.24) is 10.2 Å². The number of hydrogen-bond acceptors (Lipinski definition) is 3. The van der Waals surface area contributed by atoms with Crippen molar-refractivity contribution < 1.29 is 23.1 Å². The minimum atomic E-state index is -4.25. The molecule has 2 atom stereocenters. The number of carbonyl (C=O) groups excluding carboxylic acids is 1. The van der Waals surface area contributed by atoms with E-state index < -0.39 is 12.7 Å². The van der Waals surface area contributed by atoms with Gasteiger partial charge in [-0.2, -0.15) is 13.2 Å². The molecule has 0 aromatic heterocycles. The van der Waals surface area contributed by atoms with Gasteiger partial charge in [-0.25, -0.2) is 0 Å². The average molecular weight is 282 g/mol. The molecular weight excluding hydrogens is 261 g/mol. The first-order valence-corrected chi connectivity index (χ1v) is 6.54. The van der Waals surface area contributed by atoms with E-state index in [-0.39, 0.29) is 24.5 Å². The summed E-state index contributed by atoms with van der Waals surface area (Å²) in [6.07, 6.45) is -2.83. The van der Waals surface area contributed by atoms with E-state index in [2.05, 4.69) is 5.32 Å². The van der Waals surface area contributed by atoms with Crippen LogP contribution in [0.25, 0.3) is 0 Å². The van der Waals surface area contributed by atoms with E-state index >= 15 is 0 Å². The highest BCUT2D eigenvalue weighted by Gasteiger charge is 2.32. The summed E-state index contributed by atoms with van der Waals surface area (Å²) in [5.74, 6) is 0.00133. The number of piperidine rings is 1. The second-order valence-electron chi connectivity index (χ2n) is 4.96. The van der Waals surface area contributed by atoms with Gasteiger partial charge in [0.1, 0.15) is 0 Å². The monoisotopic (exact) mass is 282 g/mol. The molecule has 0 radical (unpaired) electrons. The molecule has 1 fully saturated rings. The molecule has 0 aromatic rings. The lowest BCUT2D eigenvalue weighted by molar-refractivity contribution is -0.135. The fraction of sp³-hybridized carbons (Fsp3) is 0.917. The molecule has 1 aliphatic heterocycles. The van der Waals surface area contributed by atoms with Crippen LogP contribution in [0.3, 0.4) is 0 Å². The summed E-state index contributed by atoms with van der Waals surface area (Å²) in [7, 11) is 0. The molecule has 1 heterocycles. The normalized spacial score (nSPS) is 24.6. The maximum Gasteiger partial charge on any atom is 0.401 e. The highest BCUT2D eigenvalue weighted by atomic mass is 19.4. The predicted molar refractivity (Wildman–Crippen MR) is 64.5 cm³/mol. The second kappa shape index (κ2) is 7.09. The highest BCUT2D eigenvalue weighted by Crippen LogP contribution is 2.21. The summed E-state index contributed by atoms with van der Waals surface area (Å²) in [5.41, 5.74) is 0. The first-order valence-electron chi connectivity index (χ1n) is 6.54. The zero-order valence-electron chi connectivity index (χ0n) is 11.0. The predicted octanol–water partition coefficient (Wildman–Crippen LogP) is 1.15. The molecule has 0 spiro atoms. The SMILES string of the molecule is CCC(=O)N1CC(CCO)CC(NCC(F)(F)F)C1. The Morgan fingerprint density at radius 3 is 2.63 bits per heavy atom. The van der Waals surface area contributed by atoms with E-state index in [4.69, 9.17) is 5.11 Å². The molecule has 1 amide bonds. The Hall–Kier alpha value is -0.820. The maximum absolute atomic E-state index is 12.2. The Morgan fingerprint density at radius 2 is 2.11 bits per heavy atom. The first-order chi connectivity index (χ1) is 8.85. The van der Waals surface area contributed by atoms with Gasteiger partial charge < -0.3 is 15.3 Å². The Labute approximate surface area is 111 Å². The zero-order chi connectivity index (χ0) is 14.5. The van der Waals surface area contributed by atoms with Crippen molar-refractivity contribution in [3.8, 4) is 0 Å². The van der Waals surface area contributed by atoms with Crippen molar-refractivity contribution in [2.75, 3.05) is 26.2 Å². The fourth-order valence-corrected chi connectivity index (χ4v) is 2.43. The topological polar surface area (TPSA) is 52.6 Å². The Bertz CT molecular complexity index is 297. The number of likely N-dealkylation sites (tertiary alicyclic amines) is 1. The van der Waals surface area contributed by atoms with Gasteiger partial charge in [0.15, 0.2) is 0 Å². The molecule has 7 heteroatoms. The molecule has 0 saturated carbocycles. The number of halogens is 3. The highest BCUT2D eigenvalue weighted by molar-refractivity contribution is 5.76. The van der Waals surface area contributed by atoms with Crippen LogP contribution in [-0.2, 0) is 4.79 Å². The second-order valence-corrected chi connectivity index (χ2v) is 4.96. The Balaban J connectivity index is 2.57. The summed E-state index contributed by atoms with van der Waals surface area (Å²) in [6.45, 7) is 1.51. The number of nitrogens with one attached hydrogen (secondary N) is 1. The van der Waals surface area contributed by atoms with Crippen molar-refractivity contribution >= 4 is 5.91 Å². The van der Waals surface area contributed by atoms with Gasteiger partial charge in [-0.05, 0) is 18.8 Å². The van der Waals surface area contributed by atoms with Crippen LogP contribution in [0.15, 0.2) is 0 Å². The van der Waals surface area contributed by atoms with Crippen molar-refractivity contribution in [3.05, 3.63) is 0 Å². The minimum Gasteiger partial charge on any atom is -0.396 e. The number of rotatable bonds is 5. The fourth-order valence-electron chi connectivity index (χ4n) is 2.43. The third kappa shape index (κ3) is 5.78. The quantitative estimate of drug-likeness (QED) is 0.795. The van der Waals surface area contributed by atoms with Gasteiger partial charge >= 0.3 is 6.18 Å². The lowest BCUT2D eigenvalue weighted by Gasteiger charge is -2.38. The molecule has 2 unspecified atom stereocenters. The molecule has 19 heavy (non-hydrogen) atoms. The van der Waals surface area contributed by atoms with E-state index in [1.807, 2.05) is 0 Å². The van der Waals surface area contributed by atoms with Gasteiger partial charge in [0.2, 0.25) is 5.91 Å². The van der Waals surface area contributed by atoms with Crippen molar-refractivity contribution in [3.63, 3.8) is 0 Å². The molecule has 2 N–H and O–H groups in total. The van der Waals surface area contributed by atoms with Crippen molar-refractivity contribution in [2.24, 2.45) is 5.92 Å². The van der Waals surface area contributed by atoms with Crippen LogP contribution in [0.1, 0.15) is 26.2 Å². The Morgan fingerprint density at radius 1 is 1.42 bits per heavy atom. The smallest absolute Gasteiger partial charge is 0.396 e. The summed E-state index contributed by atoms with van der Waals surface area (Å²) < 4.78 is 36.6. The number of aliphatic hydroxyl groups excluding tert-OH is 1. The number of amides is 1. The van der Waals surface area contributed by atoms with Gasteiger partial charge in [0.05, 0.1) is 6.54 Å². The molecule has 0 bridgehead atoms. The molecule has 1 saturated heterocycles. The summed E-state index contributed by atoms with van der Waals surface area (Å²) in [6, 6.07) is -0.359. The number of nitrogens with zero attached hydrogens (tertiary/aromatic N) is 1. The zero-order valence-corrected chi connectivity index (χ0v) is 11.0. The summed E-state index contributed by atoms with van der Waals surface area (Å²) in [5, 5.41) is 11.4. The van der Waals surface area contributed by atoms with Gasteiger partial charge in [-0.1, -0.05) is 6.92 Å². The molecule has 4 nitrogen and oxygen atoms in total. The van der Waals surface area contributed by atoms with Gasteiger partial charge in [-0.15, -0.1) is 0 Å². The van der Waals surface area contributed by atoms with Crippen LogP contribution in [0.4, 0.5) is 13.2 Å². The molecular formula is C12H21F3N2O2. The van der Waals surface area contributed by atoms with Gasteiger partial charge in [0.25, 0.3) is 0 Å². The van der Waals surface area contributed by atoms with Crippen LogP contribution >= 0.6 is 0 Å². The van der Waals surface area contributed by atoms with Crippen molar-refractivity contribution in [1.29, 1.82) is 0 Å². The van der Waals surface area contributed by atoms with Gasteiger partial charge in [-0.3, -0.25) is 4.79 Å². The minimum absolute atomic E-state index is 0.00911. The van der Waals surface area contributed by atoms with Crippen LogP contribution in [0, 0.1) is 5.92 Å². The van der Waals surface area contributed by atoms with Gasteiger partial charge in [0, 0.05) is 32.2 Å². The van der Waals surface area contributed by atoms with Crippen LogP contribution < -0.4 is 5.32 Å². The molecule has 112 valence electrons. The van der Waals surface area contributed by atoms with E-state index in [9.17, 15) is 18.0 Å². The standard InChI is InChI=1S/C12H21F3N2O2/c1-2-11(19)17-6-9(3-4-18)5-10(7-17)16-8-12(13,14)15/h9-10,16,18H,2-8H2,1H3. The van der Waals surface area contributed by atoms with Crippen LogP contribution in [0.5, 0.6) is 0 Å². The largest absolute Gasteiger partial charge is 0.401 e. The molecule has 0 aliphatic carbocycles. The van der Waals surface area contributed by atoms with E-state index in [1.165, 1.54) is 0 Å². The molecule has 0 aromatic carbocycles. The molecule has 1 rings (SSSR count). The number of hydrogen-bond donors (Lipinski definition) is 2. The first kappa shape index (κ1) is 16.2. The third-order valence-corrected chi connectivity index (χ3v) is 3.32. The third-order valence-electron chi connectivity index (χ3n) is 3.32.